The Kier molecular flexibility index (Phi) is 4.51. The molecule has 2 N–H and O–H groups in total. The molecule has 1 saturated heterocycles. The number of nitrogens with zero attached hydrogens (tertiary/aromatic N) is 2. The number of rotatable bonds is 4. The zero-order valence-electron chi connectivity index (χ0n) is 9.15. The summed E-state index contributed by atoms with van der Waals surface area (Å²) in [4.78, 5) is 15.2. The Bertz CT molecular complexity index is 184. The highest BCUT2D eigenvalue weighted by molar-refractivity contribution is 5.58. The molecular formula is C10H21N3O. The van der Waals surface area contributed by atoms with Crippen molar-refractivity contribution < 1.29 is 4.79 Å². The number of carbonyl (C=O) groups excluding carboxylic acids is 1. The molecular weight excluding hydrogens is 178 g/mol. The van der Waals surface area contributed by atoms with E-state index in [9.17, 15) is 4.79 Å². The molecule has 0 aromatic rings. The highest BCUT2D eigenvalue weighted by atomic mass is 16.1. The van der Waals surface area contributed by atoms with Crippen LogP contribution in [0.15, 0.2) is 0 Å². The number of piperidine rings is 1. The molecule has 1 rings (SSSR count). The van der Waals surface area contributed by atoms with Crippen LogP contribution >= 0.6 is 0 Å². The van der Waals surface area contributed by atoms with Crippen molar-refractivity contribution >= 4 is 6.29 Å². The van der Waals surface area contributed by atoms with Gasteiger partial charge in [0.1, 0.15) is 6.29 Å². The summed E-state index contributed by atoms with van der Waals surface area (Å²) in [6.07, 6.45) is 3.24. The molecule has 0 aromatic heterocycles. The fourth-order valence-corrected chi connectivity index (χ4v) is 1.96. The van der Waals surface area contributed by atoms with Gasteiger partial charge in [0, 0.05) is 19.1 Å². The number of aldehydes is 1. The fourth-order valence-electron chi connectivity index (χ4n) is 1.96. The molecule has 1 aliphatic heterocycles. The van der Waals surface area contributed by atoms with E-state index in [0.717, 1.165) is 38.8 Å². The molecule has 4 nitrogen and oxygen atoms in total. The summed E-state index contributed by atoms with van der Waals surface area (Å²) >= 11 is 0. The standard InChI is InChI=1S/C10H21N3O/c1-12(2)7-10(8-14)13-5-3-4-9(11)6-13/h8-10H,3-7,11H2,1-2H3/t9-,10?/m1/s1. The third-order valence-electron chi connectivity index (χ3n) is 2.67. The Labute approximate surface area is 86.0 Å². The molecule has 14 heavy (non-hydrogen) atoms. The van der Waals surface area contributed by atoms with Crippen LogP contribution in [-0.2, 0) is 4.79 Å². The first-order valence-corrected chi connectivity index (χ1v) is 5.23. The third kappa shape index (κ3) is 3.36. The normalized spacial score (nSPS) is 26.4. The summed E-state index contributed by atoms with van der Waals surface area (Å²) in [5.41, 5.74) is 5.88. The van der Waals surface area contributed by atoms with Crippen LogP contribution in [0.5, 0.6) is 0 Å². The van der Waals surface area contributed by atoms with Crippen molar-refractivity contribution in [2.75, 3.05) is 33.7 Å². The molecule has 0 amide bonds. The zero-order valence-corrected chi connectivity index (χ0v) is 9.15. The van der Waals surface area contributed by atoms with Crippen molar-refractivity contribution in [2.45, 2.75) is 24.9 Å². The molecule has 0 aromatic carbocycles. The lowest BCUT2D eigenvalue weighted by atomic mass is 10.0. The van der Waals surface area contributed by atoms with E-state index in [1.807, 2.05) is 19.0 Å². The van der Waals surface area contributed by atoms with Crippen LogP contribution in [0.4, 0.5) is 0 Å². The van der Waals surface area contributed by atoms with Crippen molar-refractivity contribution in [3.05, 3.63) is 0 Å². The van der Waals surface area contributed by atoms with Crippen molar-refractivity contribution in [1.29, 1.82) is 0 Å². The van der Waals surface area contributed by atoms with E-state index in [4.69, 9.17) is 5.73 Å². The van der Waals surface area contributed by atoms with Gasteiger partial charge in [-0.25, -0.2) is 0 Å². The van der Waals surface area contributed by atoms with E-state index in [2.05, 4.69) is 4.90 Å². The summed E-state index contributed by atoms with van der Waals surface area (Å²) in [5, 5.41) is 0. The van der Waals surface area contributed by atoms with Gasteiger partial charge in [-0.15, -0.1) is 0 Å². The van der Waals surface area contributed by atoms with Crippen LogP contribution in [-0.4, -0.2) is 61.9 Å². The molecule has 0 radical (unpaired) electrons. The van der Waals surface area contributed by atoms with E-state index in [1.54, 1.807) is 0 Å². The van der Waals surface area contributed by atoms with Crippen LogP contribution in [0.25, 0.3) is 0 Å². The average Bonchev–Trinajstić information content (AvgIpc) is 2.14. The maximum absolute atomic E-state index is 10.9. The maximum Gasteiger partial charge on any atom is 0.138 e. The summed E-state index contributed by atoms with van der Waals surface area (Å²) in [5.74, 6) is 0. The van der Waals surface area contributed by atoms with Gasteiger partial charge in [0.2, 0.25) is 0 Å². The third-order valence-corrected chi connectivity index (χ3v) is 2.67. The molecule has 0 aliphatic carbocycles. The predicted molar refractivity (Wildman–Crippen MR) is 57.2 cm³/mol. The fraction of sp³-hybridized carbons (Fsp3) is 0.900. The first-order valence-electron chi connectivity index (χ1n) is 5.23. The number of hydrogen-bond donors (Lipinski definition) is 1. The zero-order chi connectivity index (χ0) is 10.6. The van der Waals surface area contributed by atoms with Gasteiger partial charge in [-0.3, -0.25) is 4.90 Å². The van der Waals surface area contributed by atoms with Gasteiger partial charge in [0.25, 0.3) is 0 Å². The average molecular weight is 199 g/mol. The van der Waals surface area contributed by atoms with Crippen LogP contribution in [0.2, 0.25) is 0 Å². The smallest absolute Gasteiger partial charge is 0.138 e. The Balaban J connectivity index is 2.46. The lowest BCUT2D eigenvalue weighted by molar-refractivity contribution is -0.113. The second-order valence-corrected chi connectivity index (χ2v) is 4.36. The summed E-state index contributed by atoms with van der Waals surface area (Å²) in [6, 6.07) is 0.254. The SMILES string of the molecule is CN(C)CC(C=O)N1CCC[C@@H](N)C1. The minimum Gasteiger partial charge on any atom is -0.327 e. The molecule has 1 fully saturated rings. The van der Waals surface area contributed by atoms with Crippen LogP contribution in [0.3, 0.4) is 0 Å². The molecule has 0 bridgehead atoms. The second kappa shape index (κ2) is 5.44. The van der Waals surface area contributed by atoms with E-state index in [0.29, 0.717) is 0 Å². The van der Waals surface area contributed by atoms with E-state index in [1.165, 1.54) is 0 Å². The van der Waals surface area contributed by atoms with E-state index in [-0.39, 0.29) is 12.1 Å². The first-order chi connectivity index (χ1) is 6.63. The molecule has 1 aliphatic rings. The molecule has 82 valence electrons. The predicted octanol–water partition coefficient (Wildman–Crippen LogP) is -0.461. The van der Waals surface area contributed by atoms with Gasteiger partial charge >= 0.3 is 0 Å². The number of carbonyl (C=O) groups is 1. The largest absolute Gasteiger partial charge is 0.327 e. The monoisotopic (exact) mass is 199 g/mol. The Morgan fingerprint density at radius 1 is 1.64 bits per heavy atom. The maximum atomic E-state index is 10.9. The number of likely N-dealkylation sites (N-methyl/N-ethyl adjacent to an activating group) is 1. The van der Waals surface area contributed by atoms with Crippen molar-refractivity contribution in [1.82, 2.24) is 9.80 Å². The van der Waals surface area contributed by atoms with Crippen LogP contribution < -0.4 is 5.73 Å². The Morgan fingerprint density at radius 2 is 2.36 bits per heavy atom. The lowest BCUT2D eigenvalue weighted by Crippen LogP contribution is -2.51. The van der Waals surface area contributed by atoms with Gasteiger partial charge in [-0.1, -0.05) is 0 Å². The highest BCUT2D eigenvalue weighted by Gasteiger charge is 2.23. The summed E-state index contributed by atoms with van der Waals surface area (Å²) in [7, 11) is 3.97. The molecule has 0 saturated carbocycles. The first kappa shape index (κ1) is 11.6. The minimum absolute atomic E-state index is 0.0105. The van der Waals surface area contributed by atoms with Crippen LogP contribution in [0.1, 0.15) is 12.8 Å². The second-order valence-electron chi connectivity index (χ2n) is 4.36. The summed E-state index contributed by atoms with van der Waals surface area (Å²) in [6.45, 7) is 2.65. The van der Waals surface area contributed by atoms with Gasteiger partial charge in [-0.05, 0) is 33.5 Å². The van der Waals surface area contributed by atoms with Crippen LogP contribution in [0, 0.1) is 0 Å². The molecule has 1 unspecified atom stereocenters. The number of likely N-dealkylation sites (tertiary alicyclic amines) is 1. The topological polar surface area (TPSA) is 49.6 Å². The van der Waals surface area contributed by atoms with Gasteiger partial charge in [0.05, 0.1) is 6.04 Å². The van der Waals surface area contributed by atoms with Crippen molar-refractivity contribution in [3.8, 4) is 0 Å². The lowest BCUT2D eigenvalue weighted by Gasteiger charge is -2.35. The molecule has 4 heteroatoms. The quantitative estimate of drug-likeness (QED) is 0.622. The summed E-state index contributed by atoms with van der Waals surface area (Å²) < 4.78 is 0. The van der Waals surface area contributed by atoms with Crippen molar-refractivity contribution in [3.63, 3.8) is 0 Å². The van der Waals surface area contributed by atoms with Crippen molar-refractivity contribution in [2.24, 2.45) is 5.73 Å². The van der Waals surface area contributed by atoms with E-state index < -0.39 is 0 Å². The minimum atomic E-state index is 0.0105. The Hall–Kier alpha value is -0.450. The van der Waals surface area contributed by atoms with Gasteiger partial charge < -0.3 is 15.4 Å². The highest BCUT2D eigenvalue weighted by Crippen LogP contribution is 2.11. The van der Waals surface area contributed by atoms with Gasteiger partial charge in [-0.2, -0.15) is 0 Å². The number of nitrogens with two attached hydrogens (primary N) is 1. The molecule has 1 heterocycles. The number of hydrogen-bond acceptors (Lipinski definition) is 4. The Morgan fingerprint density at radius 3 is 2.86 bits per heavy atom. The molecule has 0 spiro atoms. The molecule has 2 atom stereocenters. The van der Waals surface area contributed by atoms with Gasteiger partial charge in [0.15, 0.2) is 0 Å². The van der Waals surface area contributed by atoms with E-state index >= 15 is 0 Å².